The molecule has 0 aliphatic heterocycles. The summed E-state index contributed by atoms with van der Waals surface area (Å²) in [4.78, 5) is 2.02. The quantitative estimate of drug-likeness (QED) is 0.716. The predicted molar refractivity (Wildman–Crippen MR) is 69.0 cm³/mol. The van der Waals surface area contributed by atoms with Crippen LogP contribution in [0.5, 0.6) is 5.75 Å². The monoisotopic (exact) mass is 238 g/mol. The Morgan fingerprint density at radius 2 is 2.00 bits per heavy atom. The molecule has 4 heteroatoms. The normalized spacial score (nSPS) is 14.9. The number of benzene rings is 1. The fraction of sp³-hybridized carbons (Fsp3) is 0.538. The van der Waals surface area contributed by atoms with Gasteiger partial charge in [0.1, 0.15) is 5.75 Å². The Hall–Kier alpha value is -1.10. The molecule has 17 heavy (non-hydrogen) atoms. The van der Waals surface area contributed by atoms with Crippen LogP contribution in [0.25, 0.3) is 0 Å². The summed E-state index contributed by atoms with van der Waals surface area (Å²) in [6.45, 7) is 2.67. The minimum atomic E-state index is -0.823. The summed E-state index contributed by atoms with van der Waals surface area (Å²) in [7, 11) is 3.93. The zero-order chi connectivity index (χ0) is 13.0. The van der Waals surface area contributed by atoms with Crippen molar-refractivity contribution in [2.24, 2.45) is 5.73 Å². The summed E-state index contributed by atoms with van der Waals surface area (Å²) >= 11 is 0. The molecule has 4 nitrogen and oxygen atoms in total. The van der Waals surface area contributed by atoms with E-state index in [1.807, 2.05) is 32.0 Å². The SMILES string of the molecule is Cc1cccc(O)c1C(O)C(N)CCN(C)C. The van der Waals surface area contributed by atoms with Crippen molar-refractivity contribution < 1.29 is 10.2 Å². The second-order valence-corrected chi connectivity index (χ2v) is 4.71. The lowest BCUT2D eigenvalue weighted by Crippen LogP contribution is -2.32. The van der Waals surface area contributed by atoms with Gasteiger partial charge in [-0.25, -0.2) is 0 Å². The van der Waals surface area contributed by atoms with E-state index in [1.165, 1.54) is 0 Å². The first-order chi connectivity index (χ1) is 7.93. The van der Waals surface area contributed by atoms with Crippen LogP contribution in [0.15, 0.2) is 18.2 Å². The number of rotatable bonds is 5. The topological polar surface area (TPSA) is 69.7 Å². The van der Waals surface area contributed by atoms with Gasteiger partial charge in [-0.3, -0.25) is 0 Å². The summed E-state index contributed by atoms with van der Waals surface area (Å²) in [6, 6.07) is 4.82. The molecule has 0 aliphatic rings. The third-order valence-electron chi connectivity index (χ3n) is 2.91. The number of aliphatic hydroxyl groups is 1. The smallest absolute Gasteiger partial charge is 0.121 e. The van der Waals surface area contributed by atoms with Crippen LogP contribution in [0.2, 0.25) is 0 Å². The lowest BCUT2D eigenvalue weighted by atomic mass is 9.95. The summed E-state index contributed by atoms with van der Waals surface area (Å²) in [5, 5.41) is 19.9. The molecule has 0 saturated heterocycles. The average molecular weight is 238 g/mol. The van der Waals surface area contributed by atoms with Crippen LogP contribution in [-0.2, 0) is 0 Å². The fourth-order valence-electron chi connectivity index (χ4n) is 1.83. The predicted octanol–water partition coefficient (Wildman–Crippen LogP) is 1.01. The van der Waals surface area contributed by atoms with Gasteiger partial charge in [0.2, 0.25) is 0 Å². The summed E-state index contributed by atoms with van der Waals surface area (Å²) < 4.78 is 0. The van der Waals surface area contributed by atoms with Gasteiger partial charge < -0.3 is 20.8 Å². The number of hydrogen-bond acceptors (Lipinski definition) is 4. The molecule has 1 rings (SSSR count). The number of aliphatic hydroxyl groups excluding tert-OH is 1. The maximum atomic E-state index is 10.2. The Labute approximate surface area is 103 Å². The first-order valence-corrected chi connectivity index (χ1v) is 5.80. The lowest BCUT2D eigenvalue weighted by Gasteiger charge is -2.23. The van der Waals surface area contributed by atoms with Crippen molar-refractivity contribution >= 4 is 0 Å². The second-order valence-electron chi connectivity index (χ2n) is 4.71. The maximum Gasteiger partial charge on any atom is 0.121 e. The number of hydrogen-bond donors (Lipinski definition) is 3. The van der Waals surface area contributed by atoms with Crippen molar-refractivity contribution in [2.45, 2.75) is 25.5 Å². The molecule has 2 unspecified atom stereocenters. The van der Waals surface area contributed by atoms with Crippen molar-refractivity contribution in [2.75, 3.05) is 20.6 Å². The van der Waals surface area contributed by atoms with Gasteiger partial charge in [0, 0.05) is 11.6 Å². The van der Waals surface area contributed by atoms with Crippen LogP contribution in [0.3, 0.4) is 0 Å². The first kappa shape index (κ1) is 14.0. The maximum absolute atomic E-state index is 10.2. The number of aryl methyl sites for hydroxylation is 1. The lowest BCUT2D eigenvalue weighted by molar-refractivity contribution is 0.134. The van der Waals surface area contributed by atoms with Crippen LogP contribution in [0.1, 0.15) is 23.7 Å². The molecule has 0 bridgehead atoms. The third kappa shape index (κ3) is 3.70. The van der Waals surface area contributed by atoms with E-state index in [-0.39, 0.29) is 11.8 Å². The van der Waals surface area contributed by atoms with E-state index in [1.54, 1.807) is 12.1 Å². The standard InChI is InChI=1S/C13H22N2O2/c1-9-5-4-6-11(16)12(9)13(17)10(14)7-8-15(2)3/h4-6,10,13,16-17H,7-8,14H2,1-3H3. The van der Waals surface area contributed by atoms with Crippen LogP contribution in [0, 0.1) is 6.92 Å². The Morgan fingerprint density at radius 1 is 1.35 bits per heavy atom. The van der Waals surface area contributed by atoms with E-state index in [0.29, 0.717) is 12.0 Å². The van der Waals surface area contributed by atoms with E-state index in [2.05, 4.69) is 0 Å². The molecule has 0 saturated carbocycles. The molecule has 0 amide bonds. The zero-order valence-corrected chi connectivity index (χ0v) is 10.7. The zero-order valence-electron chi connectivity index (χ0n) is 10.7. The Bertz CT molecular complexity index is 346. The van der Waals surface area contributed by atoms with Crippen LogP contribution in [-0.4, -0.2) is 41.8 Å². The molecule has 1 aromatic carbocycles. The van der Waals surface area contributed by atoms with Gasteiger partial charge in [-0.05, 0) is 45.6 Å². The van der Waals surface area contributed by atoms with E-state index in [4.69, 9.17) is 5.73 Å². The van der Waals surface area contributed by atoms with Gasteiger partial charge in [-0.1, -0.05) is 12.1 Å². The molecular weight excluding hydrogens is 216 g/mol. The Balaban J connectivity index is 2.78. The molecule has 0 heterocycles. The van der Waals surface area contributed by atoms with Gasteiger partial charge in [0.25, 0.3) is 0 Å². The van der Waals surface area contributed by atoms with E-state index in [0.717, 1.165) is 12.1 Å². The number of nitrogens with zero attached hydrogens (tertiary/aromatic N) is 1. The van der Waals surface area contributed by atoms with Crippen LogP contribution >= 0.6 is 0 Å². The highest BCUT2D eigenvalue weighted by molar-refractivity contribution is 5.40. The van der Waals surface area contributed by atoms with Gasteiger partial charge in [0.15, 0.2) is 0 Å². The van der Waals surface area contributed by atoms with Crippen molar-refractivity contribution in [1.82, 2.24) is 4.90 Å². The average Bonchev–Trinajstić information content (AvgIpc) is 2.25. The highest BCUT2D eigenvalue weighted by atomic mass is 16.3. The van der Waals surface area contributed by atoms with Crippen molar-refractivity contribution in [3.8, 4) is 5.75 Å². The van der Waals surface area contributed by atoms with Gasteiger partial charge in [0.05, 0.1) is 6.10 Å². The number of aromatic hydroxyl groups is 1. The Morgan fingerprint density at radius 3 is 2.53 bits per heavy atom. The van der Waals surface area contributed by atoms with Crippen molar-refractivity contribution in [3.63, 3.8) is 0 Å². The minimum Gasteiger partial charge on any atom is -0.508 e. The Kier molecular flexibility index (Phi) is 4.93. The number of phenols is 1. The molecule has 0 fully saturated rings. The second kappa shape index (κ2) is 6.00. The summed E-state index contributed by atoms with van der Waals surface area (Å²) in [5.41, 5.74) is 7.35. The number of nitrogens with two attached hydrogens (primary N) is 1. The highest BCUT2D eigenvalue weighted by Gasteiger charge is 2.21. The summed E-state index contributed by atoms with van der Waals surface area (Å²) in [6.07, 6.45) is -0.141. The first-order valence-electron chi connectivity index (χ1n) is 5.80. The third-order valence-corrected chi connectivity index (χ3v) is 2.91. The fourth-order valence-corrected chi connectivity index (χ4v) is 1.83. The molecule has 2 atom stereocenters. The molecule has 0 spiro atoms. The molecule has 96 valence electrons. The van der Waals surface area contributed by atoms with Crippen molar-refractivity contribution in [3.05, 3.63) is 29.3 Å². The van der Waals surface area contributed by atoms with E-state index < -0.39 is 6.10 Å². The molecule has 0 aromatic heterocycles. The van der Waals surface area contributed by atoms with Crippen LogP contribution in [0.4, 0.5) is 0 Å². The summed E-state index contributed by atoms with van der Waals surface area (Å²) in [5.74, 6) is 0.109. The highest BCUT2D eigenvalue weighted by Crippen LogP contribution is 2.29. The molecule has 0 aliphatic carbocycles. The van der Waals surface area contributed by atoms with Gasteiger partial charge in [-0.15, -0.1) is 0 Å². The van der Waals surface area contributed by atoms with Crippen LogP contribution < -0.4 is 5.73 Å². The molecule has 0 radical (unpaired) electrons. The molecule has 4 N–H and O–H groups in total. The van der Waals surface area contributed by atoms with E-state index in [9.17, 15) is 10.2 Å². The largest absolute Gasteiger partial charge is 0.508 e. The minimum absolute atomic E-state index is 0.109. The van der Waals surface area contributed by atoms with Gasteiger partial charge >= 0.3 is 0 Å². The van der Waals surface area contributed by atoms with Gasteiger partial charge in [-0.2, -0.15) is 0 Å². The molecule has 1 aromatic rings. The van der Waals surface area contributed by atoms with E-state index >= 15 is 0 Å². The van der Waals surface area contributed by atoms with Crippen molar-refractivity contribution in [1.29, 1.82) is 0 Å². The molecular formula is C13H22N2O2. The number of phenolic OH excluding ortho intramolecular Hbond substituents is 1.